The Kier molecular flexibility index (Phi) is 3.93. The molecule has 1 fully saturated rings. The number of amides is 2. The molecule has 1 aliphatic heterocycles. The van der Waals surface area contributed by atoms with Crippen LogP contribution in [0.3, 0.4) is 0 Å². The summed E-state index contributed by atoms with van der Waals surface area (Å²) in [5.74, 6) is 0. The van der Waals surface area contributed by atoms with Crippen molar-refractivity contribution in [1.29, 1.82) is 0 Å². The molecule has 0 saturated carbocycles. The highest BCUT2D eigenvalue weighted by Gasteiger charge is 2.25. The first-order chi connectivity index (χ1) is 6.88. The van der Waals surface area contributed by atoms with Crippen molar-refractivity contribution < 1.29 is 9.90 Å². The summed E-state index contributed by atoms with van der Waals surface area (Å²) in [7, 11) is 0. The molecule has 2 amide bonds. The van der Waals surface area contributed by atoms with Crippen molar-refractivity contribution in [1.82, 2.24) is 16.0 Å². The third-order valence-electron chi connectivity index (χ3n) is 2.25. The van der Waals surface area contributed by atoms with Gasteiger partial charge >= 0.3 is 6.03 Å². The van der Waals surface area contributed by atoms with Crippen molar-refractivity contribution in [3.63, 3.8) is 0 Å². The van der Waals surface area contributed by atoms with E-state index in [4.69, 9.17) is 0 Å². The summed E-state index contributed by atoms with van der Waals surface area (Å²) >= 11 is 0. The predicted octanol–water partition coefficient (Wildman–Crippen LogP) is -0.193. The van der Waals surface area contributed by atoms with E-state index in [-0.39, 0.29) is 17.6 Å². The average Bonchev–Trinajstić information content (AvgIpc) is 2.05. The minimum absolute atomic E-state index is 0.193. The van der Waals surface area contributed by atoms with Gasteiger partial charge in [0.1, 0.15) is 0 Å². The number of hydrogen-bond donors (Lipinski definition) is 4. The highest BCUT2D eigenvalue weighted by molar-refractivity contribution is 5.75. The number of rotatable bonds is 1. The van der Waals surface area contributed by atoms with Crippen LogP contribution in [0.5, 0.6) is 0 Å². The number of aliphatic hydroxyl groups excluding tert-OH is 1. The van der Waals surface area contributed by atoms with E-state index < -0.39 is 6.10 Å². The second-order valence-electron chi connectivity index (χ2n) is 5.02. The minimum Gasteiger partial charge on any atom is -0.391 e. The third kappa shape index (κ3) is 4.48. The number of urea groups is 1. The summed E-state index contributed by atoms with van der Waals surface area (Å²) in [6, 6.07) is -0.420. The standard InChI is InChI=1S/C10H21N3O2/c1-10(2,3)13-9(15)12-7-6-11-5-4-8(7)14/h7-8,11,14H,4-6H2,1-3H3,(H2,12,13,15)/t7-,8+/m0/s1. The molecule has 0 radical (unpaired) electrons. The normalized spacial score (nSPS) is 27.2. The second kappa shape index (κ2) is 4.81. The second-order valence-corrected chi connectivity index (χ2v) is 5.02. The van der Waals surface area contributed by atoms with Gasteiger partial charge in [0, 0.05) is 12.1 Å². The molecule has 1 saturated heterocycles. The maximum atomic E-state index is 11.5. The van der Waals surface area contributed by atoms with Crippen molar-refractivity contribution in [3.8, 4) is 0 Å². The molecule has 5 nitrogen and oxygen atoms in total. The third-order valence-corrected chi connectivity index (χ3v) is 2.25. The Morgan fingerprint density at radius 3 is 2.67 bits per heavy atom. The lowest BCUT2D eigenvalue weighted by Crippen LogP contribution is -2.58. The van der Waals surface area contributed by atoms with Crippen LogP contribution in [0, 0.1) is 0 Å². The number of carbonyl (C=O) groups is 1. The molecule has 1 rings (SSSR count). The molecule has 1 aliphatic rings. The van der Waals surface area contributed by atoms with Crippen molar-refractivity contribution in [2.45, 2.75) is 44.9 Å². The number of aliphatic hydroxyl groups is 1. The zero-order chi connectivity index (χ0) is 11.5. The largest absolute Gasteiger partial charge is 0.391 e. The molecular formula is C10H21N3O2. The van der Waals surface area contributed by atoms with E-state index in [1.807, 2.05) is 20.8 Å². The quantitative estimate of drug-likeness (QED) is 0.490. The van der Waals surface area contributed by atoms with E-state index in [1.165, 1.54) is 0 Å². The molecular weight excluding hydrogens is 194 g/mol. The Morgan fingerprint density at radius 2 is 2.13 bits per heavy atom. The van der Waals surface area contributed by atoms with E-state index in [2.05, 4.69) is 16.0 Å². The predicted molar refractivity (Wildman–Crippen MR) is 58.7 cm³/mol. The molecule has 4 N–H and O–H groups in total. The molecule has 2 atom stereocenters. The fourth-order valence-electron chi connectivity index (χ4n) is 1.54. The molecule has 0 bridgehead atoms. The van der Waals surface area contributed by atoms with E-state index in [9.17, 15) is 9.90 Å². The van der Waals surface area contributed by atoms with Gasteiger partial charge in [0.05, 0.1) is 12.1 Å². The zero-order valence-corrected chi connectivity index (χ0v) is 9.63. The molecule has 0 aliphatic carbocycles. The van der Waals surface area contributed by atoms with Gasteiger partial charge in [-0.3, -0.25) is 0 Å². The fourth-order valence-corrected chi connectivity index (χ4v) is 1.54. The first-order valence-corrected chi connectivity index (χ1v) is 5.36. The average molecular weight is 215 g/mol. The van der Waals surface area contributed by atoms with Crippen LogP contribution in [0.1, 0.15) is 27.2 Å². The molecule has 0 aromatic heterocycles. The highest BCUT2D eigenvalue weighted by Crippen LogP contribution is 2.04. The lowest BCUT2D eigenvalue weighted by Gasteiger charge is -2.30. The summed E-state index contributed by atoms with van der Waals surface area (Å²) in [5.41, 5.74) is -0.253. The number of nitrogens with one attached hydrogen (secondary N) is 3. The van der Waals surface area contributed by atoms with E-state index in [1.54, 1.807) is 0 Å². The molecule has 0 unspecified atom stereocenters. The Labute approximate surface area is 90.6 Å². The summed E-state index contributed by atoms with van der Waals surface area (Å²) < 4.78 is 0. The van der Waals surface area contributed by atoms with Gasteiger partial charge in [-0.25, -0.2) is 4.79 Å². The highest BCUT2D eigenvalue weighted by atomic mass is 16.3. The van der Waals surface area contributed by atoms with Crippen molar-refractivity contribution in [3.05, 3.63) is 0 Å². The maximum absolute atomic E-state index is 11.5. The number of piperidine rings is 1. The van der Waals surface area contributed by atoms with E-state index >= 15 is 0 Å². The SMILES string of the molecule is CC(C)(C)NC(=O)N[C@H]1CNCC[C@H]1O. The monoisotopic (exact) mass is 215 g/mol. The van der Waals surface area contributed by atoms with Gasteiger partial charge in [0.2, 0.25) is 0 Å². The van der Waals surface area contributed by atoms with Gasteiger partial charge in [-0.2, -0.15) is 0 Å². The molecule has 0 aromatic rings. The first kappa shape index (κ1) is 12.3. The Bertz CT molecular complexity index is 225. The van der Waals surface area contributed by atoms with Gasteiger partial charge < -0.3 is 21.1 Å². The molecule has 15 heavy (non-hydrogen) atoms. The lowest BCUT2D eigenvalue weighted by atomic mass is 10.0. The molecule has 1 heterocycles. The topological polar surface area (TPSA) is 73.4 Å². The number of hydrogen-bond acceptors (Lipinski definition) is 3. The first-order valence-electron chi connectivity index (χ1n) is 5.36. The van der Waals surface area contributed by atoms with Crippen molar-refractivity contribution in [2.75, 3.05) is 13.1 Å². The van der Waals surface area contributed by atoms with Gasteiger partial charge in [0.15, 0.2) is 0 Å². The Morgan fingerprint density at radius 1 is 1.47 bits per heavy atom. The van der Waals surface area contributed by atoms with Crippen LogP contribution < -0.4 is 16.0 Å². The Hall–Kier alpha value is -0.810. The smallest absolute Gasteiger partial charge is 0.315 e. The van der Waals surface area contributed by atoms with Crippen LogP contribution in [0.2, 0.25) is 0 Å². The van der Waals surface area contributed by atoms with Gasteiger partial charge in [0.25, 0.3) is 0 Å². The lowest BCUT2D eigenvalue weighted by molar-refractivity contribution is 0.101. The molecule has 0 aromatic carbocycles. The van der Waals surface area contributed by atoms with Gasteiger partial charge in [-0.1, -0.05) is 0 Å². The molecule has 0 spiro atoms. The minimum atomic E-state index is -0.447. The van der Waals surface area contributed by atoms with Crippen LogP contribution in [0.15, 0.2) is 0 Å². The Balaban J connectivity index is 2.36. The van der Waals surface area contributed by atoms with Crippen LogP contribution in [0.4, 0.5) is 4.79 Å². The fraction of sp³-hybridized carbons (Fsp3) is 0.900. The van der Waals surface area contributed by atoms with Gasteiger partial charge in [-0.15, -0.1) is 0 Å². The summed E-state index contributed by atoms with van der Waals surface area (Å²) in [4.78, 5) is 11.5. The number of carbonyl (C=O) groups excluding carboxylic acids is 1. The summed E-state index contributed by atoms with van der Waals surface area (Å²) in [6.07, 6.45) is 0.234. The van der Waals surface area contributed by atoms with Crippen LogP contribution >= 0.6 is 0 Å². The van der Waals surface area contributed by atoms with Crippen LogP contribution in [-0.2, 0) is 0 Å². The van der Waals surface area contributed by atoms with E-state index in [0.717, 1.165) is 6.54 Å². The zero-order valence-electron chi connectivity index (χ0n) is 9.63. The summed E-state index contributed by atoms with van der Waals surface area (Å²) in [5, 5.41) is 18.3. The van der Waals surface area contributed by atoms with Crippen molar-refractivity contribution >= 4 is 6.03 Å². The van der Waals surface area contributed by atoms with Crippen molar-refractivity contribution in [2.24, 2.45) is 0 Å². The molecule has 5 heteroatoms. The molecule has 88 valence electrons. The van der Waals surface area contributed by atoms with E-state index in [0.29, 0.717) is 13.0 Å². The van der Waals surface area contributed by atoms with Crippen LogP contribution in [-0.4, -0.2) is 41.9 Å². The van der Waals surface area contributed by atoms with Crippen LogP contribution in [0.25, 0.3) is 0 Å². The maximum Gasteiger partial charge on any atom is 0.315 e. The summed E-state index contributed by atoms with van der Waals surface area (Å²) in [6.45, 7) is 7.19. The van der Waals surface area contributed by atoms with Gasteiger partial charge in [-0.05, 0) is 33.7 Å².